The lowest BCUT2D eigenvalue weighted by atomic mass is 10.0. The van der Waals surface area contributed by atoms with E-state index in [0.29, 0.717) is 5.56 Å². The summed E-state index contributed by atoms with van der Waals surface area (Å²) in [6, 6.07) is 14.7. The summed E-state index contributed by atoms with van der Waals surface area (Å²) in [7, 11) is 1.47. The fourth-order valence-corrected chi connectivity index (χ4v) is 3.17. The molecule has 0 aliphatic rings. The maximum Gasteiger partial charge on any atom is 0.411 e. The molecule has 2 atom stereocenters. The lowest BCUT2D eigenvalue weighted by molar-refractivity contribution is -0.00798. The zero-order valence-electron chi connectivity index (χ0n) is 17.0. The van der Waals surface area contributed by atoms with Gasteiger partial charge in [0.1, 0.15) is 23.5 Å². The molecule has 2 rings (SSSR count). The van der Waals surface area contributed by atoms with E-state index in [1.54, 1.807) is 32.9 Å². The van der Waals surface area contributed by atoms with E-state index in [2.05, 4.69) is 0 Å². The van der Waals surface area contributed by atoms with Gasteiger partial charge in [0.15, 0.2) is 5.05 Å². The smallest absolute Gasteiger partial charge is 0.411 e. The minimum absolute atomic E-state index is 0.0972. The van der Waals surface area contributed by atoms with Gasteiger partial charge in [-0.05, 0) is 56.2 Å². The van der Waals surface area contributed by atoms with Crippen LogP contribution < -0.4 is 0 Å². The number of aliphatic hydroxyl groups excluding tert-OH is 1. The number of amides is 1. The topological polar surface area (TPSA) is 79.2 Å². The molecule has 156 valence electrons. The van der Waals surface area contributed by atoms with Crippen molar-refractivity contribution in [2.75, 3.05) is 7.11 Å². The fourth-order valence-electron chi connectivity index (χ4n) is 2.91. The van der Waals surface area contributed by atoms with Gasteiger partial charge < -0.3 is 19.7 Å². The van der Waals surface area contributed by atoms with Crippen molar-refractivity contribution in [3.8, 4) is 5.75 Å². The van der Waals surface area contributed by atoms with Gasteiger partial charge in [-0.25, -0.2) is 4.79 Å². The van der Waals surface area contributed by atoms with Crippen LogP contribution in [0.1, 0.15) is 38.0 Å². The Hall–Kier alpha value is -2.64. The molecular formula is C22H27NO5S. The van der Waals surface area contributed by atoms with Gasteiger partial charge >= 0.3 is 6.09 Å². The summed E-state index contributed by atoms with van der Waals surface area (Å²) in [6.45, 7) is 5.47. The Morgan fingerprint density at radius 1 is 1.10 bits per heavy atom. The molecule has 0 radical (unpaired) electrons. The lowest BCUT2D eigenvalue weighted by Crippen LogP contribution is -2.49. The summed E-state index contributed by atoms with van der Waals surface area (Å²) >= 11 is 5.12. The number of methoxy groups -OCH3 is 1. The van der Waals surface area contributed by atoms with Crippen LogP contribution >= 0.6 is 12.2 Å². The summed E-state index contributed by atoms with van der Waals surface area (Å²) in [5.74, 6) is 0.0972. The van der Waals surface area contributed by atoms with Crippen LogP contribution in [0.5, 0.6) is 5.75 Å². The molecule has 0 saturated heterocycles. The fraction of sp³-hybridized carbons (Fsp3) is 0.364. The Morgan fingerprint density at radius 2 is 1.69 bits per heavy atom. The van der Waals surface area contributed by atoms with Crippen LogP contribution in [0.3, 0.4) is 0 Å². The largest absolute Gasteiger partial charge is 0.508 e. The molecule has 0 saturated carbocycles. The number of hydrogen-bond acceptors (Lipinski definition) is 5. The summed E-state index contributed by atoms with van der Waals surface area (Å²) in [5.41, 5.74) is 0.767. The first-order valence-electron chi connectivity index (χ1n) is 9.20. The molecule has 6 nitrogen and oxygen atoms in total. The molecule has 29 heavy (non-hydrogen) atoms. The van der Waals surface area contributed by atoms with Crippen LogP contribution in [0.25, 0.3) is 0 Å². The summed E-state index contributed by atoms with van der Waals surface area (Å²) in [5, 5.41) is 19.6. The number of ether oxygens (including phenoxy) is 2. The van der Waals surface area contributed by atoms with E-state index in [9.17, 15) is 15.0 Å². The van der Waals surface area contributed by atoms with Crippen molar-refractivity contribution in [2.24, 2.45) is 0 Å². The normalized spacial score (nSPS) is 13.4. The van der Waals surface area contributed by atoms with E-state index in [1.807, 2.05) is 30.3 Å². The molecule has 0 heterocycles. The molecule has 0 aliphatic heterocycles. The van der Waals surface area contributed by atoms with Crippen molar-refractivity contribution in [2.45, 2.75) is 45.1 Å². The molecule has 0 fully saturated rings. The van der Waals surface area contributed by atoms with E-state index < -0.39 is 28.9 Å². The third-order valence-electron chi connectivity index (χ3n) is 4.17. The second-order valence-corrected chi connectivity index (χ2v) is 8.04. The zero-order valence-corrected chi connectivity index (χ0v) is 17.8. The number of aromatic hydroxyl groups is 1. The van der Waals surface area contributed by atoms with Gasteiger partial charge in [0, 0.05) is 13.7 Å². The van der Waals surface area contributed by atoms with Crippen molar-refractivity contribution in [1.82, 2.24) is 4.90 Å². The highest BCUT2D eigenvalue weighted by Gasteiger charge is 2.38. The number of hydrogen-bond donors (Lipinski definition) is 2. The maximum absolute atomic E-state index is 13.1. The number of rotatable bonds is 7. The van der Waals surface area contributed by atoms with E-state index in [-0.39, 0.29) is 12.3 Å². The van der Waals surface area contributed by atoms with Gasteiger partial charge in [0.05, 0.1) is 0 Å². The van der Waals surface area contributed by atoms with Gasteiger partial charge in [0.25, 0.3) is 0 Å². The second kappa shape index (κ2) is 9.71. The minimum atomic E-state index is -0.977. The second-order valence-electron chi connectivity index (χ2n) is 7.62. The van der Waals surface area contributed by atoms with Crippen LogP contribution in [-0.2, 0) is 16.0 Å². The summed E-state index contributed by atoms with van der Waals surface area (Å²) in [6.07, 6.45) is -1.38. The first-order chi connectivity index (χ1) is 13.6. The van der Waals surface area contributed by atoms with E-state index in [0.717, 1.165) is 5.56 Å². The monoisotopic (exact) mass is 417 g/mol. The standard InChI is InChI=1S/C22H27NO5S/c1-22(2,3)28-21(26)23(14-15-8-6-5-7-9-15)18(20(25)29)19(27-4)16-10-12-17(24)13-11-16/h5-13,18-19,24H,14H2,1-4H3,(H,25,29). The van der Waals surface area contributed by atoms with Crippen LogP contribution in [-0.4, -0.2) is 45.0 Å². The highest BCUT2D eigenvalue weighted by atomic mass is 32.1. The number of nitrogens with zero attached hydrogens (tertiary/aromatic N) is 1. The quantitative estimate of drug-likeness (QED) is 0.632. The molecule has 2 aromatic rings. The van der Waals surface area contributed by atoms with Crippen LogP contribution in [0.2, 0.25) is 0 Å². The number of benzene rings is 2. The SMILES string of the molecule is COC(c1ccc(O)cc1)C(C(O)=S)N(Cc1ccccc1)C(=O)OC(C)(C)C. The lowest BCUT2D eigenvalue weighted by Gasteiger charge is -2.36. The Bertz CT molecular complexity index is 817. The minimum Gasteiger partial charge on any atom is -0.508 e. The van der Waals surface area contributed by atoms with Crippen LogP contribution in [0, 0.1) is 0 Å². The highest BCUT2D eigenvalue weighted by molar-refractivity contribution is 7.80. The predicted octanol–water partition coefficient (Wildman–Crippen LogP) is 4.77. The molecule has 2 unspecified atom stereocenters. The van der Waals surface area contributed by atoms with E-state index in [1.165, 1.54) is 24.1 Å². The Labute approximate surface area is 176 Å². The number of thiocarbonyl (C=S) groups is 1. The number of phenols is 1. The number of carbonyl (C=O) groups excluding carboxylic acids is 1. The molecule has 0 aromatic heterocycles. The molecule has 1 amide bonds. The Balaban J connectivity index is 2.47. The van der Waals surface area contributed by atoms with Crippen molar-refractivity contribution < 1.29 is 24.5 Å². The van der Waals surface area contributed by atoms with Gasteiger partial charge in [-0.15, -0.1) is 0 Å². The first-order valence-corrected chi connectivity index (χ1v) is 9.61. The first kappa shape index (κ1) is 22.6. The maximum atomic E-state index is 13.1. The van der Waals surface area contributed by atoms with Gasteiger partial charge in [-0.1, -0.05) is 42.5 Å². The van der Waals surface area contributed by atoms with Crippen LogP contribution in [0.4, 0.5) is 4.79 Å². The summed E-state index contributed by atoms with van der Waals surface area (Å²) < 4.78 is 11.2. The Morgan fingerprint density at radius 3 is 2.17 bits per heavy atom. The molecule has 0 bridgehead atoms. The van der Waals surface area contributed by atoms with Crippen molar-refractivity contribution in [3.05, 3.63) is 65.7 Å². The third kappa shape index (κ3) is 6.44. The van der Waals surface area contributed by atoms with E-state index in [4.69, 9.17) is 21.7 Å². The third-order valence-corrected chi connectivity index (χ3v) is 4.42. The van der Waals surface area contributed by atoms with Gasteiger partial charge in [0.2, 0.25) is 0 Å². The van der Waals surface area contributed by atoms with Gasteiger partial charge in [-0.3, -0.25) is 4.90 Å². The molecule has 2 aromatic carbocycles. The van der Waals surface area contributed by atoms with Crippen molar-refractivity contribution >= 4 is 23.4 Å². The van der Waals surface area contributed by atoms with Crippen molar-refractivity contribution in [3.63, 3.8) is 0 Å². The average molecular weight is 418 g/mol. The molecule has 7 heteroatoms. The zero-order chi connectivity index (χ0) is 21.6. The molecule has 2 N–H and O–H groups in total. The molecule has 0 spiro atoms. The number of carbonyl (C=O) groups is 1. The number of phenolic OH excluding ortho intramolecular Hbond substituents is 1. The molecular weight excluding hydrogens is 390 g/mol. The summed E-state index contributed by atoms with van der Waals surface area (Å²) in [4.78, 5) is 14.4. The van der Waals surface area contributed by atoms with Gasteiger partial charge in [-0.2, -0.15) is 0 Å². The number of aliphatic hydroxyl groups is 1. The predicted molar refractivity (Wildman–Crippen MR) is 115 cm³/mol. The van der Waals surface area contributed by atoms with Crippen LogP contribution in [0.15, 0.2) is 54.6 Å². The average Bonchev–Trinajstić information content (AvgIpc) is 2.64. The Kier molecular flexibility index (Phi) is 7.59. The van der Waals surface area contributed by atoms with E-state index >= 15 is 0 Å². The van der Waals surface area contributed by atoms with Crippen molar-refractivity contribution in [1.29, 1.82) is 0 Å². The molecule has 0 aliphatic carbocycles. The highest BCUT2D eigenvalue weighted by Crippen LogP contribution is 2.29.